The summed E-state index contributed by atoms with van der Waals surface area (Å²) < 4.78 is 0. The summed E-state index contributed by atoms with van der Waals surface area (Å²) in [5.41, 5.74) is 6.51. The quantitative estimate of drug-likeness (QED) is 0.782. The summed E-state index contributed by atoms with van der Waals surface area (Å²) in [5.74, 6) is 0. The highest BCUT2D eigenvalue weighted by Gasteiger charge is 2.37. The molecule has 2 aliphatic rings. The standard InChI is InChI=1S/C15H31N3/c1-14(2)17-9-11-18(12-10-17)15(13-16)7-5-3-4-6-8-15/h14H,3-13,16H2,1-2H3. The predicted octanol–water partition coefficient (Wildman–Crippen LogP) is 2.06. The first-order valence-corrected chi connectivity index (χ1v) is 7.87. The fourth-order valence-corrected chi connectivity index (χ4v) is 3.75. The van der Waals surface area contributed by atoms with Gasteiger partial charge in [0, 0.05) is 44.3 Å². The molecule has 1 saturated carbocycles. The van der Waals surface area contributed by atoms with Crippen LogP contribution in [0.2, 0.25) is 0 Å². The van der Waals surface area contributed by atoms with E-state index in [1.807, 2.05) is 0 Å². The Labute approximate surface area is 113 Å². The molecule has 1 heterocycles. The van der Waals surface area contributed by atoms with Crippen molar-refractivity contribution in [2.24, 2.45) is 5.73 Å². The van der Waals surface area contributed by atoms with Crippen molar-refractivity contribution in [2.45, 2.75) is 64.0 Å². The third-order valence-corrected chi connectivity index (χ3v) is 5.13. The molecule has 1 saturated heterocycles. The largest absolute Gasteiger partial charge is 0.329 e. The number of piperazine rings is 1. The number of hydrogen-bond acceptors (Lipinski definition) is 3. The van der Waals surface area contributed by atoms with Crippen LogP contribution < -0.4 is 5.73 Å². The molecule has 2 N–H and O–H groups in total. The summed E-state index contributed by atoms with van der Waals surface area (Å²) in [4.78, 5) is 5.31. The van der Waals surface area contributed by atoms with Crippen molar-refractivity contribution in [3.05, 3.63) is 0 Å². The number of nitrogens with two attached hydrogens (primary N) is 1. The van der Waals surface area contributed by atoms with Crippen molar-refractivity contribution < 1.29 is 0 Å². The number of hydrogen-bond donors (Lipinski definition) is 1. The van der Waals surface area contributed by atoms with Crippen LogP contribution in [0.5, 0.6) is 0 Å². The van der Waals surface area contributed by atoms with Crippen molar-refractivity contribution in [1.82, 2.24) is 9.80 Å². The Morgan fingerprint density at radius 1 is 0.944 bits per heavy atom. The average Bonchev–Trinajstić information content (AvgIpc) is 2.65. The second-order valence-corrected chi connectivity index (χ2v) is 6.46. The van der Waals surface area contributed by atoms with Crippen LogP contribution in [0.15, 0.2) is 0 Å². The summed E-state index contributed by atoms with van der Waals surface area (Å²) in [6.45, 7) is 10.3. The maximum atomic E-state index is 6.18. The minimum absolute atomic E-state index is 0.333. The monoisotopic (exact) mass is 253 g/mol. The molecule has 0 aromatic rings. The van der Waals surface area contributed by atoms with Crippen molar-refractivity contribution in [3.63, 3.8) is 0 Å². The van der Waals surface area contributed by atoms with Crippen LogP contribution in [0.4, 0.5) is 0 Å². The topological polar surface area (TPSA) is 32.5 Å². The minimum Gasteiger partial charge on any atom is -0.329 e. The molecule has 2 rings (SSSR count). The third-order valence-electron chi connectivity index (χ3n) is 5.13. The van der Waals surface area contributed by atoms with Crippen molar-refractivity contribution in [1.29, 1.82) is 0 Å². The molecule has 18 heavy (non-hydrogen) atoms. The van der Waals surface area contributed by atoms with Gasteiger partial charge < -0.3 is 5.73 Å². The van der Waals surface area contributed by atoms with E-state index in [1.165, 1.54) is 64.7 Å². The van der Waals surface area contributed by atoms with Crippen LogP contribution in [-0.4, -0.2) is 54.1 Å². The summed E-state index contributed by atoms with van der Waals surface area (Å²) in [5, 5.41) is 0. The van der Waals surface area contributed by atoms with Gasteiger partial charge in [-0.2, -0.15) is 0 Å². The van der Waals surface area contributed by atoms with Gasteiger partial charge in [-0.1, -0.05) is 25.7 Å². The molecule has 0 atom stereocenters. The third kappa shape index (κ3) is 3.06. The van der Waals surface area contributed by atoms with E-state index in [2.05, 4.69) is 23.6 Å². The molecule has 3 nitrogen and oxygen atoms in total. The Bertz CT molecular complexity index is 236. The fourth-order valence-electron chi connectivity index (χ4n) is 3.75. The molecule has 0 unspecified atom stereocenters. The number of nitrogens with zero attached hydrogens (tertiary/aromatic N) is 2. The van der Waals surface area contributed by atoms with Gasteiger partial charge in [0.05, 0.1) is 0 Å². The van der Waals surface area contributed by atoms with E-state index in [0.29, 0.717) is 11.6 Å². The highest BCUT2D eigenvalue weighted by Crippen LogP contribution is 2.32. The molecule has 0 amide bonds. The van der Waals surface area contributed by atoms with Gasteiger partial charge in [-0.25, -0.2) is 0 Å². The SMILES string of the molecule is CC(C)N1CCN(C2(CN)CCCCCC2)CC1. The number of rotatable bonds is 3. The molecular formula is C15H31N3. The summed E-state index contributed by atoms with van der Waals surface area (Å²) in [6.07, 6.45) is 8.22. The lowest BCUT2D eigenvalue weighted by atomic mass is 9.87. The van der Waals surface area contributed by atoms with E-state index in [0.717, 1.165) is 6.54 Å². The first-order chi connectivity index (χ1) is 8.68. The van der Waals surface area contributed by atoms with E-state index in [1.54, 1.807) is 0 Å². The zero-order valence-corrected chi connectivity index (χ0v) is 12.3. The first kappa shape index (κ1) is 14.3. The molecule has 0 aromatic heterocycles. The fraction of sp³-hybridized carbons (Fsp3) is 1.00. The van der Waals surface area contributed by atoms with E-state index < -0.39 is 0 Å². The zero-order valence-electron chi connectivity index (χ0n) is 12.3. The molecule has 2 fully saturated rings. The van der Waals surface area contributed by atoms with Gasteiger partial charge in [0.15, 0.2) is 0 Å². The highest BCUT2D eigenvalue weighted by atomic mass is 15.3. The lowest BCUT2D eigenvalue weighted by molar-refractivity contribution is 0.0171. The molecule has 1 aliphatic carbocycles. The van der Waals surface area contributed by atoms with Crippen molar-refractivity contribution >= 4 is 0 Å². The Hall–Kier alpha value is -0.120. The molecule has 0 spiro atoms. The molecule has 106 valence electrons. The van der Waals surface area contributed by atoms with Gasteiger partial charge in [-0.3, -0.25) is 9.80 Å². The van der Waals surface area contributed by atoms with Crippen LogP contribution >= 0.6 is 0 Å². The zero-order chi connectivity index (χ0) is 13.0. The molecule has 0 radical (unpaired) electrons. The van der Waals surface area contributed by atoms with Crippen LogP contribution in [0, 0.1) is 0 Å². The van der Waals surface area contributed by atoms with Gasteiger partial charge in [0.25, 0.3) is 0 Å². The molecule has 0 aromatic carbocycles. The molecule has 0 bridgehead atoms. The molecular weight excluding hydrogens is 222 g/mol. The lowest BCUT2D eigenvalue weighted by Gasteiger charge is -2.48. The van der Waals surface area contributed by atoms with Crippen molar-refractivity contribution in [2.75, 3.05) is 32.7 Å². The van der Waals surface area contributed by atoms with Gasteiger partial charge in [0.2, 0.25) is 0 Å². The summed E-state index contributed by atoms with van der Waals surface area (Å²) >= 11 is 0. The van der Waals surface area contributed by atoms with E-state index >= 15 is 0 Å². The van der Waals surface area contributed by atoms with E-state index in [-0.39, 0.29) is 0 Å². The van der Waals surface area contributed by atoms with Crippen molar-refractivity contribution in [3.8, 4) is 0 Å². The van der Waals surface area contributed by atoms with Gasteiger partial charge >= 0.3 is 0 Å². The summed E-state index contributed by atoms with van der Waals surface area (Å²) in [7, 11) is 0. The Kier molecular flexibility index (Phi) is 5.05. The van der Waals surface area contributed by atoms with Gasteiger partial charge in [-0.15, -0.1) is 0 Å². The average molecular weight is 253 g/mol. The molecule has 1 aliphatic heterocycles. The maximum Gasteiger partial charge on any atom is 0.0332 e. The normalized spacial score (nSPS) is 27.3. The summed E-state index contributed by atoms with van der Waals surface area (Å²) in [6, 6.07) is 0.690. The molecule has 3 heteroatoms. The highest BCUT2D eigenvalue weighted by molar-refractivity contribution is 4.95. The predicted molar refractivity (Wildman–Crippen MR) is 77.8 cm³/mol. The second kappa shape index (κ2) is 6.36. The Balaban J connectivity index is 1.96. The van der Waals surface area contributed by atoms with E-state index in [4.69, 9.17) is 5.73 Å². The van der Waals surface area contributed by atoms with Crippen LogP contribution in [-0.2, 0) is 0 Å². The minimum atomic E-state index is 0.333. The van der Waals surface area contributed by atoms with E-state index in [9.17, 15) is 0 Å². The Morgan fingerprint density at radius 3 is 1.94 bits per heavy atom. The Morgan fingerprint density at radius 2 is 1.50 bits per heavy atom. The van der Waals surface area contributed by atoms with Gasteiger partial charge in [0.1, 0.15) is 0 Å². The lowest BCUT2D eigenvalue weighted by Crippen LogP contribution is -2.60. The smallest absolute Gasteiger partial charge is 0.0332 e. The van der Waals surface area contributed by atoms with Crippen LogP contribution in [0.1, 0.15) is 52.4 Å². The maximum absolute atomic E-state index is 6.18. The van der Waals surface area contributed by atoms with Gasteiger partial charge in [-0.05, 0) is 26.7 Å². The first-order valence-electron chi connectivity index (χ1n) is 7.87. The van der Waals surface area contributed by atoms with Crippen LogP contribution in [0.3, 0.4) is 0 Å². The second-order valence-electron chi connectivity index (χ2n) is 6.46. The van der Waals surface area contributed by atoms with Crippen LogP contribution in [0.25, 0.3) is 0 Å².